The lowest BCUT2D eigenvalue weighted by atomic mass is 9.84. The van der Waals surface area contributed by atoms with Gasteiger partial charge in [-0.25, -0.2) is 0 Å². The number of aliphatic carboxylic acids is 1. The number of ether oxygens (including phenoxy) is 1. The van der Waals surface area contributed by atoms with Crippen LogP contribution in [0.4, 0.5) is 0 Å². The van der Waals surface area contributed by atoms with E-state index in [0.29, 0.717) is 18.8 Å². The van der Waals surface area contributed by atoms with Crippen molar-refractivity contribution in [1.82, 2.24) is 5.32 Å². The highest BCUT2D eigenvalue weighted by Crippen LogP contribution is 2.42. The molecule has 0 aromatic rings. The highest BCUT2D eigenvalue weighted by Gasteiger charge is 2.60. The summed E-state index contributed by atoms with van der Waals surface area (Å²) >= 11 is 0. The van der Waals surface area contributed by atoms with Crippen LogP contribution in [0.1, 0.15) is 59.8 Å². The zero-order valence-electron chi connectivity index (χ0n) is 18.2. The molecule has 3 N–H and O–H groups in total. The number of hydrogen-bond acceptors (Lipinski definition) is 5. The van der Waals surface area contributed by atoms with Crippen LogP contribution < -0.4 is 5.32 Å². The number of carboxylic acid groups (broad SMARTS) is 1. The Morgan fingerprint density at radius 1 is 1.27 bits per heavy atom. The van der Waals surface area contributed by atoms with E-state index in [4.69, 9.17) is 9.84 Å². The summed E-state index contributed by atoms with van der Waals surface area (Å²) in [5.41, 5.74) is -0.0823. The van der Waals surface area contributed by atoms with Crippen LogP contribution in [0.5, 0.6) is 0 Å². The van der Waals surface area contributed by atoms with Crippen molar-refractivity contribution >= 4 is 17.7 Å². The summed E-state index contributed by atoms with van der Waals surface area (Å²) in [6.45, 7) is 8.27. The lowest BCUT2D eigenvalue weighted by Gasteiger charge is -2.26. The van der Waals surface area contributed by atoms with Crippen molar-refractivity contribution in [2.24, 2.45) is 11.8 Å². The third kappa shape index (κ3) is 6.92. The number of unbranched alkanes of at least 4 members (excludes halogenated alkanes) is 1. The molecule has 1 fully saturated rings. The summed E-state index contributed by atoms with van der Waals surface area (Å²) < 4.78 is 5.33. The first-order chi connectivity index (χ1) is 14.0. The number of carbonyl (C=O) groups is 3. The van der Waals surface area contributed by atoms with Gasteiger partial charge in [-0.15, -0.1) is 0 Å². The third-order valence-corrected chi connectivity index (χ3v) is 5.32. The molecule has 7 heteroatoms. The molecule has 0 aromatic heterocycles. The Bertz CT molecular complexity index is 764. The van der Waals surface area contributed by atoms with Crippen molar-refractivity contribution in [1.29, 1.82) is 0 Å². The van der Waals surface area contributed by atoms with E-state index < -0.39 is 29.7 Å². The minimum Gasteiger partial charge on any atom is -0.481 e. The quantitative estimate of drug-likeness (QED) is 0.205. The van der Waals surface area contributed by atoms with Crippen molar-refractivity contribution in [2.45, 2.75) is 77.6 Å². The van der Waals surface area contributed by atoms with Crippen molar-refractivity contribution < 1.29 is 29.3 Å². The van der Waals surface area contributed by atoms with Gasteiger partial charge in [-0.3, -0.25) is 14.4 Å². The van der Waals surface area contributed by atoms with Crippen LogP contribution in [0.15, 0.2) is 35.6 Å². The van der Waals surface area contributed by atoms with E-state index in [2.05, 4.69) is 32.2 Å². The number of ketones is 1. The van der Waals surface area contributed by atoms with Crippen LogP contribution in [0.25, 0.3) is 0 Å². The molecule has 1 amide bonds. The third-order valence-electron chi connectivity index (χ3n) is 5.32. The minimum atomic E-state index is -1.38. The Balaban J connectivity index is 1.94. The number of rotatable bonds is 11. The minimum absolute atomic E-state index is 0.0203. The monoisotopic (exact) mass is 419 g/mol. The number of carboxylic acids is 1. The first kappa shape index (κ1) is 24.0. The molecule has 1 saturated heterocycles. The van der Waals surface area contributed by atoms with E-state index in [1.807, 2.05) is 13.0 Å². The van der Waals surface area contributed by atoms with Gasteiger partial charge < -0.3 is 20.3 Å². The van der Waals surface area contributed by atoms with Crippen LogP contribution in [0.2, 0.25) is 0 Å². The average Bonchev–Trinajstić information content (AvgIpc) is 3.43. The molecule has 7 nitrogen and oxygen atoms in total. The first-order valence-corrected chi connectivity index (χ1v) is 10.5. The Labute approximate surface area is 177 Å². The molecule has 166 valence electrons. The van der Waals surface area contributed by atoms with Gasteiger partial charge in [0.05, 0.1) is 5.70 Å². The van der Waals surface area contributed by atoms with Crippen LogP contribution >= 0.6 is 0 Å². The number of carbonyl (C=O) groups excluding carboxylic acids is 2. The molecule has 1 aliphatic carbocycles. The van der Waals surface area contributed by atoms with Crippen LogP contribution in [-0.4, -0.2) is 45.7 Å². The second-order valence-corrected chi connectivity index (χ2v) is 8.77. The van der Waals surface area contributed by atoms with Crippen molar-refractivity contribution in [3.05, 3.63) is 35.6 Å². The van der Waals surface area contributed by atoms with E-state index in [9.17, 15) is 19.5 Å². The Kier molecular flexibility index (Phi) is 8.15. The molecule has 30 heavy (non-hydrogen) atoms. The van der Waals surface area contributed by atoms with Gasteiger partial charge in [0, 0.05) is 6.42 Å². The maximum atomic E-state index is 12.4. The summed E-state index contributed by atoms with van der Waals surface area (Å²) in [5.74, 6) is -1.06. The molecule has 1 heterocycles. The topological polar surface area (TPSA) is 116 Å². The van der Waals surface area contributed by atoms with Crippen molar-refractivity contribution in [2.75, 3.05) is 0 Å². The fraction of sp³-hybridized carbons (Fsp3) is 0.609. The van der Waals surface area contributed by atoms with Gasteiger partial charge in [-0.2, -0.15) is 0 Å². The number of epoxide rings is 1. The molecular weight excluding hydrogens is 386 g/mol. The lowest BCUT2D eigenvalue weighted by Crippen LogP contribution is -2.43. The number of aliphatic hydroxyl groups is 1. The fourth-order valence-corrected chi connectivity index (χ4v) is 3.97. The normalized spacial score (nSPS) is 27.1. The number of Topliss-reactive ketones (excluding diaryl/α,β-unsaturated/α-hetero) is 1. The molecule has 0 bridgehead atoms. The molecular formula is C23H33NO6. The largest absolute Gasteiger partial charge is 0.481 e. The zero-order chi connectivity index (χ0) is 22.5. The summed E-state index contributed by atoms with van der Waals surface area (Å²) in [7, 11) is 0. The predicted octanol–water partition coefficient (Wildman–Crippen LogP) is 2.90. The molecule has 0 aromatic carbocycles. The predicted molar refractivity (Wildman–Crippen MR) is 112 cm³/mol. The Morgan fingerprint density at radius 3 is 2.60 bits per heavy atom. The number of hydrogen-bond donors (Lipinski definition) is 3. The maximum Gasteiger partial charge on any atom is 0.303 e. The summed E-state index contributed by atoms with van der Waals surface area (Å²) in [6.07, 6.45) is 7.50. The molecule has 0 saturated carbocycles. The van der Waals surface area contributed by atoms with Gasteiger partial charge in [0.15, 0.2) is 6.10 Å². The van der Waals surface area contributed by atoms with Gasteiger partial charge in [-0.05, 0) is 63.5 Å². The highest BCUT2D eigenvalue weighted by atomic mass is 16.6. The molecule has 1 aliphatic heterocycles. The van der Waals surface area contributed by atoms with Crippen molar-refractivity contribution in [3.63, 3.8) is 0 Å². The number of amides is 1. The van der Waals surface area contributed by atoms with Crippen molar-refractivity contribution in [3.8, 4) is 0 Å². The summed E-state index contributed by atoms with van der Waals surface area (Å²) in [6, 6.07) is 0. The van der Waals surface area contributed by atoms with Gasteiger partial charge in [0.2, 0.25) is 11.7 Å². The van der Waals surface area contributed by atoms with Gasteiger partial charge in [0.1, 0.15) is 11.7 Å². The second-order valence-electron chi connectivity index (χ2n) is 8.77. The zero-order valence-corrected chi connectivity index (χ0v) is 18.2. The molecule has 5 unspecified atom stereocenters. The van der Waals surface area contributed by atoms with Gasteiger partial charge in [-0.1, -0.05) is 31.6 Å². The van der Waals surface area contributed by atoms with E-state index >= 15 is 0 Å². The van der Waals surface area contributed by atoms with Crippen LogP contribution in [0.3, 0.4) is 0 Å². The smallest absolute Gasteiger partial charge is 0.303 e. The van der Waals surface area contributed by atoms with Gasteiger partial charge in [0.25, 0.3) is 0 Å². The molecule has 0 radical (unpaired) electrons. The molecule has 0 spiro atoms. The van der Waals surface area contributed by atoms with E-state index in [1.165, 1.54) is 17.7 Å². The number of nitrogens with one attached hydrogen (secondary N) is 1. The first-order valence-electron chi connectivity index (χ1n) is 10.5. The molecule has 2 rings (SSSR count). The highest BCUT2D eigenvalue weighted by molar-refractivity contribution is 6.06. The van der Waals surface area contributed by atoms with E-state index in [1.54, 1.807) is 0 Å². The number of allylic oxidation sites excluding steroid dienone is 3. The average molecular weight is 420 g/mol. The second kappa shape index (κ2) is 10.2. The molecule has 2 aliphatic rings. The molecule has 5 atom stereocenters. The standard InChI is InChI=1S/C23H33NO6/c1-14(2)11-16(4)12-15(3)8-9-18(25)24-17-13-23(29,10-6-5-7-19(26)27)22-21(30-22)20(17)28/h8-9,11,13,15-16,21-22,29H,5-7,10,12H2,1-4H3,(H,24,25)(H,26,27). The van der Waals surface area contributed by atoms with E-state index in [-0.39, 0.29) is 30.2 Å². The lowest BCUT2D eigenvalue weighted by molar-refractivity contribution is -0.137. The fourth-order valence-electron chi connectivity index (χ4n) is 3.97. The Hall–Kier alpha value is -2.25. The number of fused-ring (bicyclic) bond motifs is 1. The SMILES string of the molecule is CC(C)=CC(C)CC(C)C=CC(=O)NC1=CC(O)(CCCCC(=O)O)C2OC2C1=O. The summed E-state index contributed by atoms with van der Waals surface area (Å²) in [4.78, 5) is 35.3. The summed E-state index contributed by atoms with van der Waals surface area (Å²) in [5, 5.41) is 22.2. The maximum absolute atomic E-state index is 12.4. The van der Waals surface area contributed by atoms with Crippen LogP contribution in [0, 0.1) is 11.8 Å². The Morgan fingerprint density at radius 2 is 1.97 bits per heavy atom. The van der Waals surface area contributed by atoms with Crippen LogP contribution in [-0.2, 0) is 19.1 Å². The van der Waals surface area contributed by atoms with Gasteiger partial charge >= 0.3 is 5.97 Å². The van der Waals surface area contributed by atoms with E-state index in [0.717, 1.165) is 6.42 Å².